The fraction of sp³-hybridized carbons (Fsp3) is 0.240. The molecule has 0 atom stereocenters. The molecular weight excluding hydrogens is 374 g/mol. The SMILES string of the molecule is CCN(C(=O)c1cccc(C(=O)N2CCCc3ccccc32)n1)c1cccc(C)c1. The zero-order valence-electron chi connectivity index (χ0n) is 17.3. The Labute approximate surface area is 177 Å². The molecule has 2 heterocycles. The first kappa shape index (κ1) is 19.8. The van der Waals surface area contributed by atoms with Crippen molar-refractivity contribution in [2.45, 2.75) is 26.7 Å². The predicted octanol–water partition coefficient (Wildman–Crippen LogP) is 4.65. The van der Waals surface area contributed by atoms with Crippen molar-refractivity contribution in [1.82, 2.24) is 4.98 Å². The normalized spacial score (nSPS) is 12.9. The van der Waals surface area contributed by atoms with E-state index in [-0.39, 0.29) is 23.2 Å². The van der Waals surface area contributed by atoms with Gasteiger partial charge in [-0.1, -0.05) is 36.4 Å². The summed E-state index contributed by atoms with van der Waals surface area (Å²) in [5.41, 5.74) is 4.57. The van der Waals surface area contributed by atoms with Gasteiger partial charge < -0.3 is 9.80 Å². The van der Waals surface area contributed by atoms with E-state index >= 15 is 0 Å². The molecule has 0 saturated carbocycles. The average molecular weight is 399 g/mol. The summed E-state index contributed by atoms with van der Waals surface area (Å²) in [5.74, 6) is -0.382. The van der Waals surface area contributed by atoms with E-state index in [9.17, 15) is 9.59 Å². The van der Waals surface area contributed by atoms with E-state index in [0.717, 1.165) is 29.8 Å². The van der Waals surface area contributed by atoms with Gasteiger partial charge in [0.15, 0.2) is 0 Å². The molecule has 0 spiro atoms. The molecule has 0 N–H and O–H groups in total. The lowest BCUT2D eigenvalue weighted by atomic mass is 10.0. The molecule has 0 unspecified atom stereocenters. The number of benzene rings is 2. The number of hydrogen-bond donors (Lipinski definition) is 0. The van der Waals surface area contributed by atoms with Crippen LogP contribution in [-0.4, -0.2) is 29.9 Å². The summed E-state index contributed by atoms with van der Waals surface area (Å²) in [7, 11) is 0. The monoisotopic (exact) mass is 399 g/mol. The standard InChI is InChI=1S/C25H25N3O2/c1-3-27(20-12-6-9-18(2)17-20)24(29)21-13-7-14-22(26-21)25(30)28-16-8-11-19-10-4-5-15-23(19)28/h4-7,9-10,12-15,17H,3,8,11,16H2,1-2H3. The summed E-state index contributed by atoms with van der Waals surface area (Å²) in [5, 5.41) is 0. The third kappa shape index (κ3) is 3.83. The van der Waals surface area contributed by atoms with E-state index in [4.69, 9.17) is 0 Å². The van der Waals surface area contributed by atoms with Crippen molar-refractivity contribution >= 4 is 23.2 Å². The van der Waals surface area contributed by atoms with Crippen molar-refractivity contribution in [1.29, 1.82) is 0 Å². The lowest BCUT2D eigenvalue weighted by Crippen LogP contribution is -2.36. The number of pyridine rings is 1. The number of carbonyl (C=O) groups is 2. The van der Waals surface area contributed by atoms with Gasteiger partial charge >= 0.3 is 0 Å². The highest BCUT2D eigenvalue weighted by Gasteiger charge is 2.25. The molecule has 1 aromatic heterocycles. The second kappa shape index (κ2) is 8.49. The third-order valence-electron chi connectivity index (χ3n) is 5.42. The van der Waals surface area contributed by atoms with Gasteiger partial charge in [-0.05, 0) is 68.1 Å². The van der Waals surface area contributed by atoms with Crippen LogP contribution in [0.15, 0.2) is 66.7 Å². The smallest absolute Gasteiger partial charge is 0.276 e. The molecule has 2 amide bonds. The zero-order chi connectivity index (χ0) is 21.1. The first-order valence-electron chi connectivity index (χ1n) is 10.3. The lowest BCUT2D eigenvalue weighted by molar-refractivity contribution is 0.0977. The summed E-state index contributed by atoms with van der Waals surface area (Å²) in [6, 6.07) is 20.9. The van der Waals surface area contributed by atoms with Crippen LogP contribution in [0.3, 0.4) is 0 Å². The predicted molar refractivity (Wildman–Crippen MR) is 119 cm³/mol. The third-order valence-corrected chi connectivity index (χ3v) is 5.42. The molecule has 1 aliphatic rings. The minimum Gasteiger partial charge on any atom is -0.307 e. The number of aryl methyl sites for hydroxylation is 2. The summed E-state index contributed by atoms with van der Waals surface area (Å²) in [6.07, 6.45) is 1.88. The fourth-order valence-corrected chi connectivity index (χ4v) is 3.93. The van der Waals surface area contributed by atoms with Gasteiger partial charge in [-0.3, -0.25) is 9.59 Å². The molecule has 30 heavy (non-hydrogen) atoms. The molecule has 5 heteroatoms. The van der Waals surface area contributed by atoms with Crippen LogP contribution < -0.4 is 9.80 Å². The number of rotatable bonds is 4. The van der Waals surface area contributed by atoms with Gasteiger partial charge in [0.2, 0.25) is 0 Å². The van der Waals surface area contributed by atoms with E-state index in [1.165, 1.54) is 5.56 Å². The Kier molecular flexibility index (Phi) is 5.61. The first-order chi connectivity index (χ1) is 14.6. The van der Waals surface area contributed by atoms with Crippen LogP contribution in [0.4, 0.5) is 11.4 Å². The number of fused-ring (bicyclic) bond motifs is 1. The average Bonchev–Trinajstić information content (AvgIpc) is 2.79. The quantitative estimate of drug-likeness (QED) is 0.642. The highest BCUT2D eigenvalue weighted by atomic mass is 16.2. The Hall–Kier alpha value is -3.47. The van der Waals surface area contributed by atoms with E-state index in [2.05, 4.69) is 11.1 Å². The Bertz CT molecular complexity index is 1090. The van der Waals surface area contributed by atoms with Crippen molar-refractivity contribution in [2.24, 2.45) is 0 Å². The van der Waals surface area contributed by atoms with Crippen molar-refractivity contribution in [3.05, 3.63) is 89.2 Å². The van der Waals surface area contributed by atoms with Crippen LogP contribution in [0.2, 0.25) is 0 Å². The van der Waals surface area contributed by atoms with Gasteiger partial charge in [0.1, 0.15) is 11.4 Å². The number of anilines is 2. The molecule has 0 saturated heterocycles. The Morgan fingerprint density at radius 2 is 1.77 bits per heavy atom. The van der Waals surface area contributed by atoms with Crippen LogP contribution in [0.1, 0.15) is 45.4 Å². The van der Waals surface area contributed by atoms with Crippen LogP contribution in [-0.2, 0) is 6.42 Å². The number of hydrogen-bond acceptors (Lipinski definition) is 3. The molecular formula is C25H25N3O2. The van der Waals surface area contributed by atoms with Gasteiger partial charge in [-0.15, -0.1) is 0 Å². The van der Waals surface area contributed by atoms with Crippen molar-refractivity contribution in [3.63, 3.8) is 0 Å². The molecule has 5 nitrogen and oxygen atoms in total. The van der Waals surface area contributed by atoms with Crippen LogP contribution in [0, 0.1) is 6.92 Å². The molecule has 2 aromatic carbocycles. The molecule has 4 rings (SSSR count). The van der Waals surface area contributed by atoms with Gasteiger partial charge in [-0.2, -0.15) is 0 Å². The second-order valence-corrected chi connectivity index (χ2v) is 7.49. The molecule has 0 bridgehead atoms. The van der Waals surface area contributed by atoms with E-state index in [1.54, 1.807) is 28.0 Å². The summed E-state index contributed by atoms with van der Waals surface area (Å²) < 4.78 is 0. The van der Waals surface area contributed by atoms with Gasteiger partial charge in [0, 0.05) is 24.5 Å². The van der Waals surface area contributed by atoms with Crippen LogP contribution in [0.5, 0.6) is 0 Å². The van der Waals surface area contributed by atoms with Crippen LogP contribution in [0.25, 0.3) is 0 Å². The highest BCUT2D eigenvalue weighted by Crippen LogP contribution is 2.28. The van der Waals surface area contributed by atoms with Gasteiger partial charge in [-0.25, -0.2) is 4.98 Å². The Balaban J connectivity index is 1.63. The Morgan fingerprint density at radius 3 is 2.57 bits per heavy atom. The molecule has 0 aliphatic carbocycles. The number of aromatic nitrogens is 1. The second-order valence-electron chi connectivity index (χ2n) is 7.49. The van der Waals surface area contributed by atoms with Crippen molar-refractivity contribution < 1.29 is 9.59 Å². The zero-order valence-corrected chi connectivity index (χ0v) is 17.3. The molecule has 0 radical (unpaired) electrons. The van der Waals surface area contributed by atoms with Gasteiger partial charge in [0.25, 0.3) is 11.8 Å². The fourth-order valence-electron chi connectivity index (χ4n) is 3.93. The maximum Gasteiger partial charge on any atom is 0.276 e. The highest BCUT2D eigenvalue weighted by molar-refractivity contribution is 6.08. The van der Waals surface area contributed by atoms with Crippen molar-refractivity contribution in [2.75, 3.05) is 22.9 Å². The van der Waals surface area contributed by atoms with Crippen LogP contribution >= 0.6 is 0 Å². The van der Waals surface area contributed by atoms with E-state index < -0.39 is 0 Å². The summed E-state index contributed by atoms with van der Waals surface area (Å²) in [4.78, 5) is 34.3. The number of carbonyl (C=O) groups excluding carboxylic acids is 2. The number of para-hydroxylation sites is 1. The maximum absolute atomic E-state index is 13.2. The van der Waals surface area contributed by atoms with Gasteiger partial charge in [0.05, 0.1) is 0 Å². The Morgan fingerprint density at radius 1 is 1.00 bits per heavy atom. The van der Waals surface area contributed by atoms with Crippen molar-refractivity contribution in [3.8, 4) is 0 Å². The molecule has 3 aromatic rings. The molecule has 152 valence electrons. The lowest BCUT2D eigenvalue weighted by Gasteiger charge is -2.29. The van der Waals surface area contributed by atoms with E-state index in [0.29, 0.717) is 13.1 Å². The minimum atomic E-state index is -0.211. The van der Waals surface area contributed by atoms with E-state index in [1.807, 2.05) is 56.3 Å². The molecule has 1 aliphatic heterocycles. The first-order valence-corrected chi connectivity index (χ1v) is 10.3. The molecule has 0 fully saturated rings. The number of nitrogens with zero attached hydrogens (tertiary/aromatic N) is 3. The topological polar surface area (TPSA) is 53.5 Å². The number of amides is 2. The largest absolute Gasteiger partial charge is 0.307 e. The summed E-state index contributed by atoms with van der Waals surface area (Å²) >= 11 is 0. The minimum absolute atomic E-state index is 0.171. The summed E-state index contributed by atoms with van der Waals surface area (Å²) in [6.45, 7) is 5.09. The maximum atomic E-state index is 13.2.